The highest BCUT2D eigenvalue weighted by Crippen LogP contribution is 2.21. The van der Waals surface area contributed by atoms with Gasteiger partial charge in [0.15, 0.2) is 0 Å². The van der Waals surface area contributed by atoms with Gasteiger partial charge in [-0.15, -0.1) is 0 Å². The summed E-state index contributed by atoms with van der Waals surface area (Å²) in [5.41, 5.74) is 0. The van der Waals surface area contributed by atoms with Crippen molar-refractivity contribution in [3.05, 3.63) is 0 Å². The first-order valence-electron chi connectivity index (χ1n) is 7.82. The van der Waals surface area contributed by atoms with Crippen molar-refractivity contribution >= 4 is 5.91 Å². The van der Waals surface area contributed by atoms with Crippen molar-refractivity contribution in [3.63, 3.8) is 0 Å². The highest BCUT2D eigenvalue weighted by Gasteiger charge is 2.34. The lowest BCUT2D eigenvalue weighted by Gasteiger charge is -2.30. The molecule has 2 rings (SSSR count). The van der Waals surface area contributed by atoms with E-state index < -0.39 is 0 Å². The number of likely N-dealkylation sites (tertiary alicyclic amines) is 1. The molecule has 0 aromatic heterocycles. The van der Waals surface area contributed by atoms with Crippen LogP contribution in [0.25, 0.3) is 0 Å². The topological polar surface area (TPSA) is 35.6 Å². The number of hydrogen-bond acceptors (Lipinski definition) is 3. The molecule has 0 bridgehead atoms. The second-order valence-electron chi connectivity index (χ2n) is 6.36. The summed E-state index contributed by atoms with van der Waals surface area (Å²) in [5.74, 6) is 1.58. The maximum absolute atomic E-state index is 12.3. The summed E-state index contributed by atoms with van der Waals surface area (Å²) in [5, 5.41) is 3.37. The quantitative estimate of drug-likeness (QED) is 0.820. The van der Waals surface area contributed by atoms with Gasteiger partial charge in [0.05, 0.1) is 12.7 Å². The molecule has 4 nitrogen and oxygen atoms in total. The molecule has 2 heterocycles. The molecule has 0 aromatic carbocycles. The van der Waals surface area contributed by atoms with Gasteiger partial charge in [-0.1, -0.05) is 20.3 Å². The average Bonchev–Trinajstić information content (AvgIpc) is 2.79. The fourth-order valence-electron chi connectivity index (χ4n) is 3.13. The van der Waals surface area contributed by atoms with Crippen molar-refractivity contribution in [3.8, 4) is 0 Å². The summed E-state index contributed by atoms with van der Waals surface area (Å²) in [7, 11) is 2.20. The van der Waals surface area contributed by atoms with Gasteiger partial charge in [-0.25, -0.2) is 0 Å². The van der Waals surface area contributed by atoms with Crippen molar-refractivity contribution in [2.75, 3.05) is 33.4 Å². The summed E-state index contributed by atoms with van der Waals surface area (Å²) in [4.78, 5) is 16.7. The van der Waals surface area contributed by atoms with Gasteiger partial charge < -0.3 is 9.80 Å². The summed E-state index contributed by atoms with van der Waals surface area (Å²) in [6, 6.07) is 0.0579. The monoisotopic (exact) mass is 267 g/mol. The molecule has 2 saturated heterocycles. The van der Waals surface area contributed by atoms with Crippen LogP contribution in [0.5, 0.6) is 0 Å². The molecule has 19 heavy (non-hydrogen) atoms. The third kappa shape index (κ3) is 3.69. The Hall–Kier alpha value is -0.610. The van der Waals surface area contributed by atoms with E-state index in [0.717, 1.165) is 25.6 Å². The fraction of sp³-hybridized carbons (Fsp3) is 0.933. The number of amides is 1. The minimum Gasteiger partial charge on any atom is -0.329 e. The smallest absolute Gasteiger partial charge is 0.241 e. The molecule has 2 atom stereocenters. The summed E-state index contributed by atoms with van der Waals surface area (Å²) >= 11 is 0. The predicted octanol–water partition coefficient (Wildman–Crippen LogP) is 1.52. The van der Waals surface area contributed by atoms with Gasteiger partial charge in [-0.05, 0) is 51.2 Å². The van der Waals surface area contributed by atoms with Gasteiger partial charge in [0.1, 0.15) is 0 Å². The molecule has 2 aliphatic heterocycles. The second-order valence-corrected chi connectivity index (χ2v) is 6.36. The van der Waals surface area contributed by atoms with Crippen LogP contribution in [0.4, 0.5) is 0 Å². The molecular weight excluding hydrogens is 238 g/mol. The molecule has 0 spiro atoms. The SMILES string of the molecule is CCC(C)C1NCN(CCC2CCN(C)CC2)C1=O. The normalized spacial score (nSPS) is 28.1. The molecule has 0 aliphatic carbocycles. The van der Waals surface area contributed by atoms with Crippen LogP contribution < -0.4 is 5.32 Å². The standard InChI is InChI=1S/C15H29N3O/c1-4-12(2)14-15(19)18(11-16-14)10-7-13-5-8-17(3)9-6-13/h12-14,16H,4-11H2,1-3H3. The van der Waals surface area contributed by atoms with Crippen molar-refractivity contribution in [1.82, 2.24) is 15.1 Å². The zero-order chi connectivity index (χ0) is 13.8. The van der Waals surface area contributed by atoms with Gasteiger partial charge in [0.2, 0.25) is 5.91 Å². The Morgan fingerprint density at radius 2 is 2.05 bits per heavy atom. The Kier molecular flexibility index (Phi) is 5.22. The Morgan fingerprint density at radius 3 is 2.68 bits per heavy atom. The number of rotatable bonds is 5. The van der Waals surface area contributed by atoms with Crippen LogP contribution in [0.15, 0.2) is 0 Å². The second kappa shape index (κ2) is 6.71. The van der Waals surface area contributed by atoms with Crippen molar-refractivity contribution in [2.24, 2.45) is 11.8 Å². The lowest BCUT2D eigenvalue weighted by Crippen LogP contribution is -2.37. The maximum atomic E-state index is 12.3. The van der Waals surface area contributed by atoms with Gasteiger partial charge in [-0.2, -0.15) is 0 Å². The minimum absolute atomic E-state index is 0.0579. The Labute approximate surface area is 117 Å². The molecule has 4 heteroatoms. The molecule has 1 N–H and O–H groups in total. The third-order valence-corrected chi connectivity index (χ3v) is 4.94. The third-order valence-electron chi connectivity index (χ3n) is 4.94. The Balaban J connectivity index is 1.74. The number of carbonyl (C=O) groups excluding carboxylic acids is 1. The molecular formula is C15H29N3O. The van der Waals surface area contributed by atoms with E-state index in [-0.39, 0.29) is 6.04 Å². The maximum Gasteiger partial charge on any atom is 0.241 e. The van der Waals surface area contributed by atoms with E-state index in [1.54, 1.807) is 0 Å². The number of nitrogens with one attached hydrogen (secondary N) is 1. The summed E-state index contributed by atoms with van der Waals surface area (Å²) in [6.45, 7) is 8.43. The van der Waals surface area contributed by atoms with Crippen molar-refractivity contribution in [1.29, 1.82) is 0 Å². The number of nitrogens with zero attached hydrogens (tertiary/aromatic N) is 2. The van der Waals surface area contributed by atoms with E-state index in [4.69, 9.17) is 0 Å². The first kappa shape index (κ1) is 14.8. The lowest BCUT2D eigenvalue weighted by atomic mass is 9.93. The van der Waals surface area contributed by atoms with E-state index in [1.165, 1.54) is 32.4 Å². The van der Waals surface area contributed by atoms with E-state index >= 15 is 0 Å². The largest absolute Gasteiger partial charge is 0.329 e. The van der Waals surface area contributed by atoms with Crippen molar-refractivity contribution in [2.45, 2.75) is 45.6 Å². The number of piperidine rings is 1. The van der Waals surface area contributed by atoms with Crippen LogP contribution in [0, 0.1) is 11.8 Å². The van der Waals surface area contributed by atoms with Crippen LogP contribution in [0.2, 0.25) is 0 Å². The van der Waals surface area contributed by atoms with Gasteiger partial charge in [0.25, 0.3) is 0 Å². The fourth-order valence-corrected chi connectivity index (χ4v) is 3.13. The molecule has 0 saturated carbocycles. The Morgan fingerprint density at radius 1 is 1.37 bits per heavy atom. The van der Waals surface area contributed by atoms with Crippen LogP contribution >= 0.6 is 0 Å². The highest BCUT2D eigenvalue weighted by molar-refractivity contribution is 5.84. The zero-order valence-corrected chi connectivity index (χ0v) is 12.7. The van der Waals surface area contributed by atoms with Crippen LogP contribution in [0.1, 0.15) is 39.5 Å². The van der Waals surface area contributed by atoms with E-state index in [0.29, 0.717) is 11.8 Å². The van der Waals surface area contributed by atoms with Crippen molar-refractivity contribution < 1.29 is 4.79 Å². The first-order valence-corrected chi connectivity index (χ1v) is 7.82. The molecule has 0 radical (unpaired) electrons. The van der Waals surface area contributed by atoms with Crippen LogP contribution in [-0.2, 0) is 4.79 Å². The average molecular weight is 267 g/mol. The molecule has 2 unspecified atom stereocenters. The molecule has 1 amide bonds. The van der Waals surface area contributed by atoms with Gasteiger partial charge >= 0.3 is 0 Å². The van der Waals surface area contributed by atoms with E-state index in [9.17, 15) is 4.79 Å². The highest BCUT2D eigenvalue weighted by atomic mass is 16.2. The van der Waals surface area contributed by atoms with Crippen LogP contribution in [-0.4, -0.2) is 55.1 Å². The zero-order valence-electron chi connectivity index (χ0n) is 12.7. The number of carbonyl (C=O) groups is 1. The molecule has 2 fully saturated rings. The first-order chi connectivity index (χ1) is 9.11. The Bertz CT molecular complexity index is 300. The lowest BCUT2D eigenvalue weighted by molar-refractivity contribution is -0.130. The minimum atomic E-state index is 0.0579. The number of hydrogen-bond donors (Lipinski definition) is 1. The molecule has 0 aromatic rings. The van der Waals surface area contributed by atoms with Crippen LogP contribution in [0.3, 0.4) is 0 Å². The summed E-state index contributed by atoms with van der Waals surface area (Å²) < 4.78 is 0. The van der Waals surface area contributed by atoms with Gasteiger partial charge in [-0.3, -0.25) is 10.1 Å². The molecule has 2 aliphatic rings. The predicted molar refractivity (Wildman–Crippen MR) is 77.8 cm³/mol. The van der Waals surface area contributed by atoms with E-state index in [2.05, 4.69) is 31.1 Å². The van der Waals surface area contributed by atoms with Gasteiger partial charge in [0, 0.05) is 6.54 Å². The van der Waals surface area contributed by atoms with E-state index in [1.807, 2.05) is 4.90 Å². The summed E-state index contributed by atoms with van der Waals surface area (Å²) in [6.07, 6.45) is 4.82. The molecule has 110 valence electrons.